The average Bonchev–Trinajstić information content (AvgIpc) is 2.60. The lowest BCUT2D eigenvalue weighted by molar-refractivity contribution is -0.151. The summed E-state index contributed by atoms with van der Waals surface area (Å²) < 4.78 is 4.70. The molecule has 0 bridgehead atoms. The number of nitrogens with zero attached hydrogens (tertiary/aromatic N) is 1. The second-order valence-corrected chi connectivity index (χ2v) is 3.77. The molecule has 1 aliphatic rings. The molecule has 1 unspecified atom stereocenters. The van der Waals surface area contributed by atoms with Crippen molar-refractivity contribution in [2.45, 2.75) is 13.3 Å². The summed E-state index contributed by atoms with van der Waals surface area (Å²) in [6, 6.07) is 0. The Balaban J connectivity index is 2.68. The summed E-state index contributed by atoms with van der Waals surface area (Å²) in [7, 11) is 1.37. The van der Waals surface area contributed by atoms with E-state index in [9.17, 15) is 9.59 Å². The van der Waals surface area contributed by atoms with Crippen molar-refractivity contribution in [2.75, 3.05) is 20.2 Å². The number of methoxy groups -OCH3 is 1. The molecule has 1 amide bonds. The first kappa shape index (κ1) is 10.8. The fourth-order valence-electron chi connectivity index (χ4n) is 1.69. The lowest BCUT2D eigenvalue weighted by Gasteiger charge is -2.20. The van der Waals surface area contributed by atoms with Gasteiger partial charge in [-0.05, 0) is 19.4 Å². The van der Waals surface area contributed by atoms with Gasteiger partial charge in [0.1, 0.15) is 0 Å². The molecule has 4 heteroatoms. The zero-order valence-corrected chi connectivity index (χ0v) is 8.58. The number of carbonyl (C=O) groups is 2. The Kier molecular flexibility index (Phi) is 2.93. The Labute approximate surface area is 83.5 Å². The largest absolute Gasteiger partial charge is 0.469 e. The van der Waals surface area contributed by atoms with E-state index in [0.29, 0.717) is 19.5 Å². The van der Waals surface area contributed by atoms with E-state index in [1.165, 1.54) is 13.2 Å². The molecule has 0 aromatic rings. The molecule has 0 spiro atoms. The Hall–Kier alpha value is -1.32. The highest BCUT2D eigenvalue weighted by atomic mass is 16.5. The van der Waals surface area contributed by atoms with Crippen LogP contribution in [-0.2, 0) is 14.3 Å². The van der Waals surface area contributed by atoms with Crippen molar-refractivity contribution in [3.05, 3.63) is 12.7 Å². The molecule has 0 radical (unpaired) electrons. The van der Waals surface area contributed by atoms with Crippen molar-refractivity contribution in [1.82, 2.24) is 4.90 Å². The minimum atomic E-state index is -0.548. The summed E-state index contributed by atoms with van der Waals surface area (Å²) in [6.07, 6.45) is 1.92. The molecule has 0 aromatic carbocycles. The number of amides is 1. The van der Waals surface area contributed by atoms with Crippen molar-refractivity contribution >= 4 is 11.9 Å². The van der Waals surface area contributed by atoms with Crippen LogP contribution in [0.15, 0.2) is 12.7 Å². The first-order valence-corrected chi connectivity index (χ1v) is 4.53. The van der Waals surface area contributed by atoms with Crippen LogP contribution in [0.5, 0.6) is 0 Å². The molecular formula is C10H15NO3. The SMILES string of the molecule is C=CC(=O)N1CCC(C)(C(=O)OC)C1. The van der Waals surface area contributed by atoms with Crippen LogP contribution in [0, 0.1) is 5.41 Å². The summed E-state index contributed by atoms with van der Waals surface area (Å²) in [5.74, 6) is -0.380. The monoisotopic (exact) mass is 197 g/mol. The molecule has 1 fully saturated rings. The van der Waals surface area contributed by atoms with Crippen molar-refractivity contribution in [2.24, 2.45) is 5.41 Å². The highest BCUT2D eigenvalue weighted by molar-refractivity contribution is 5.88. The lowest BCUT2D eigenvalue weighted by atomic mass is 9.90. The first-order chi connectivity index (χ1) is 6.53. The van der Waals surface area contributed by atoms with E-state index in [1.54, 1.807) is 4.90 Å². The van der Waals surface area contributed by atoms with E-state index in [2.05, 4.69) is 6.58 Å². The molecule has 0 N–H and O–H groups in total. The van der Waals surface area contributed by atoms with Gasteiger partial charge in [-0.15, -0.1) is 0 Å². The summed E-state index contributed by atoms with van der Waals surface area (Å²) >= 11 is 0. The second-order valence-electron chi connectivity index (χ2n) is 3.77. The zero-order chi connectivity index (χ0) is 10.8. The van der Waals surface area contributed by atoms with Crippen LogP contribution in [-0.4, -0.2) is 37.0 Å². The molecule has 0 aromatic heterocycles. The van der Waals surface area contributed by atoms with Crippen molar-refractivity contribution in [3.8, 4) is 0 Å². The molecule has 4 nitrogen and oxygen atoms in total. The first-order valence-electron chi connectivity index (χ1n) is 4.53. The highest BCUT2D eigenvalue weighted by Crippen LogP contribution is 2.31. The van der Waals surface area contributed by atoms with Crippen LogP contribution in [0.3, 0.4) is 0 Å². The Bertz CT molecular complexity index is 275. The van der Waals surface area contributed by atoms with E-state index in [1.807, 2.05) is 6.92 Å². The van der Waals surface area contributed by atoms with Crippen LogP contribution in [0.2, 0.25) is 0 Å². The molecule has 1 aliphatic heterocycles. The van der Waals surface area contributed by atoms with Crippen LogP contribution >= 0.6 is 0 Å². The van der Waals surface area contributed by atoms with Gasteiger partial charge in [0.15, 0.2) is 0 Å². The van der Waals surface area contributed by atoms with Gasteiger partial charge in [0.2, 0.25) is 5.91 Å². The Morgan fingerprint density at radius 2 is 2.21 bits per heavy atom. The number of likely N-dealkylation sites (tertiary alicyclic amines) is 1. The summed E-state index contributed by atoms with van der Waals surface area (Å²) in [5, 5.41) is 0. The quantitative estimate of drug-likeness (QED) is 0.480. The average molecular weight is 197 g/mol. The van der Waals surface area contributed by atoms with Crippen molar-refractivity contribution in [1.29, 1.82) is 0 Å². The lowest BCUT2D eigenvalue weighted by Crippen LogP contribution is -2.34. The predicted octanol–water partition coefficient (Wildman–Crippen LogP) is 0.584. The fraction of sp³-hybridized carbons (Fsp3) is 0.600. The number of hydrogen-bond donors (Lipinski definition) is 0. The molecule has 0 saturated carbocycles. The smallest absolute Gasteiger partial charge is 0.313 e. The predicted molar refractivity (Wildman–Crippen MR) is 51.5 cm³/mol. The van der Waals surface area contributed by atoms with Crippen LogP contribution in [0.25, 0.3) is 0 Å². The van der Waals surface area contributed by atoms with Gasteiger partial charge in [-0.2, -0.15) is 0 Å². The van der Waals surface area contributed by atoms with Gasteiger partial charge < -0.3 is 9.64 Å². The minimum absolute atomic E-state index is 0.127. The van der Waals surface area contributed by atoms with Gasteiger partial charge in [0, 0.05) is 13.1 Å². The molecule has 14 heavy (non-hydrogen) atoms. The molecule has 0 aliphatic carbocycles. The molecule has 78 valence electrons. The second kappa shape index (κ2) is 3.82. The van der Waals surface area contributed by atoms with E-state index >= 15 is 0 Å². The van der Waals surface area contributed by atoms with Crippen LogP contribution in [0.1, 0.15) is 13.3 Å². The molecule has 1 heterocycles. The molecule has 1 saturated heterocycles. The van der Waals surface area contributed by atoms with E-state index < -0.39 is 5.41 Å². The summed E-state index contributed by atoms with van der Waals surface area (Å²) in [5.41, 5.74) is -0.548. The van der Waals surface area contributed by atoms with E-state index in [4.69, 9.17) is 4.74 Å². The molecule has 1 rings (SSSR count). The van der Waals surface area contributed by atoms with Crippen LogP contribution < -0.4 is 0 Å². The Morgan fingerprint density at radius 3 is 2.71 bits per heavy atom. The summed E-state index contributed by atoms with van der Waals surface area (Å²) in [6.45, 7) is 6.24. The van der Waals surface area contributed by atoms with Crippen molar-refractivity contribution < 1.29 is 14.3 Å². The minimum Gasteiger partial charge on any atom is -0.469 e. The molecule has 1 atom stereocenters. The van der Waals surface area contributed by atoms with Gasteiger partial charge >= 0.3 is 5.97 Å². The maximum atomic E-state index is 11.4. The number of hydrogen-bond acceptors (Lipinski definition) is 3. The summed E-state index contributed by atoms with van der Waals surface area (Å²) in [4.78, 5) is 24.3. The van der Waals surface area contributed by atoms with Crippen LogP contribution in [0.4, 0.5) is 0 Å². The number of ether oxygens (including phenoxy) is 1. The Morgan fingerprint density at radius 1 is 1.57 bits per heavy atom. The number of carbonyl (C=O) groups excluding carboxylic acids is 2. The third-order valence-corrected chi connectivity index (χ3v) is 2.64. The molecular weight excluding hydrogens is 182 g/mol. The van der Waals surface area contributed by atoms with E-state index in [-0.39, 0.29) is 11.9 Å². The van der Waals surface area contributed by atoms with Crippen molar-refractivity contribution in [3.63, 3.8) is 0 Å². The maximum Gasteiger partial charge on any atom is 0.313 e. The topological polar surface area (TPSA) is 46.6 Å². The van der Waals surface area contributed by atoms with Gasteiger partial charge in [0.05, 0.1) is 12.5 Å². The third-order valence-electron chi connectivity index (χ3n) is 2.64. The highest BCUT2D eigenvalue weighted by Gasteiger charge is 2.42. The van der Waals surface area contributed by atoms with Gasteiger partial charge in [-0.3, -0.25) is 9.59 Å². The third kappa shape index (κ3) is 1.78. The van der Waals surface area contributed by atoms with Gasteiger partial charge in [-0.25, -0.2) is 0 Å². The fourth-order valence-corrected chi connectivity index (χ4v) is 1.69. The number of esters is 1. The van der Waals surface area contributed by atoms with Gasteiger partial charge in [0.25, 0.3) is 0 Å². The maximum absolute atomic E-state index is 11.4. The normalized spacial score (nSPS) is 26.0. The zero-order valence-electron chi connectivity index (χ0n) is 8.58. The van der Waals surface area contributed by atoms with E-state index in [0.717, 1.165) is 0 Å². The van der Waals surface area contributed by atoms with Gasteiger partial charge in [-0.1, -0.05) is 6.58 Å². The number of rotatable bonds is 2. The standard InChI is InChI=1S/C10H15NO3/c1-4-8(12)11-6-5-10(2,7-11)9(13)14-3/h4H,1,5-7H2,2-3H3.